The third-order valence-corrected chi connectivity index (χ3v) is 10.4. The molecule has 6 rings (SSSR count). The molecule has 4 aliphatic heterocycles. The Balaban J connectivity index is 1.12. The molecule has 0 aliphatic carbocycles. The minimum Gasteiger partial charge on any atom is -0.490 e. The minimum absolute atomic E-state index is 0.237. The van der Waals surface area contributed by atoms with Crippen LogP contribution in [0.2, 0.25) is 0 Å². The van der Waals surface area contributed by atoms with Crippen LogP contribution in [0.3, 0.4) is 0 Å². The van der Waals surface area contributed by atoms with Crippen LogP contribution in [0.5, 0.6) is 5.75 Å². The lowest BCUT2D eigenvalue weighted by Crippen LogP contribution is -2.46. The fraction of sp³-hybridized carbons (Fsp3) is 0.483. The number of amides is 1. The maximum atomic E-state index is 13.6. The highest BCUT2D eigenvalue weighted by atomic mass is 32.2. The summed E-state index contributed by atoms with van der Waals surface area (Å²) in [5.41, 5.74) is 2.50. The number of anilines is 2. The van der Waals surface area contributed by atoms with E-state index in [-0.39, 0.29) is 23.9 Å². The van der Waals surface area contributed by atoms with Crippen molar-refractivity contribution in [2.24, 2.45) is 0 Å². The molecule has 4 heterocycles. The van der Waals surface area contributed by atoms with E-state index in [4.69, 9.17) is 4.74 Å². The van der Waals surface area contributed by atoms with Crippen molar-refractivity contribution in [3.05, 3.63) is 59.2 Å². The van der Waals surface area contributed by atoms with Crippen molar-refractivity contribution in [2.75, 3.05) is 89.4 Å². The molecule has 4 aliphatic rings. The molecule has 0 aromatic heterocycles. The Kier molecular flexibility index (Phi) is 6.81. The average molecular weight is 568 g/mol. The van der Waals surface area contributed by atoms with E-state index in [9.17, 15) is 18.3 Å². The van der Waals surface area contributed by atoms with Gasteiger partial charge in [-0.05, 0) is 61.0 Å². The van der Waals surface area contributed by atoms with Crippen LogP contribution >= 0.6 is 0 Å². The van der Waals surface area contributed by atoms with Crippen LogP contribution in [0, 0.1) is 0 Å². The van der Waals surface area contributed by atoms with E-state index >= 15 is 0 Å². The second-order valence-corrected chi connectivity index (χ2v) is 13.4. The summed E-state index contributed by atoms with van der Waals surface area (Å²) in [7, 11) is 0.313. The summed E-state index contributed by atoms with van der Waals surface area (Å²) in [4.78, 5) is 22.0. The predicted octanol–water partition coefficient (Wildman–Crippen LogP) is 1.32. The van der Waals surface area contributed by atoms with Gasteiger partial charge in [-0.2, -0.15) is 4.31 Å². The first-order valence-electron chi connectivity index (χ1n) is 13.8. The van der Waals surface area contributed by atoms with E-state index in [1.54, 1.807) is 36.1 Å². The minimum atomic E-state index is -3.72. The maximum Gasteiger partial charge on any atom is 0.259 e. The summed E-state index contributed by atoms with van der Waals surface area (Å²) in [5, 5.41) is 11.4. The lowest BCUT2D eigenvalue weighted by atomic mass is 9.93. The van der Waals surface area contributed by atoms with Gasteiger partial charge >= 0.3 is 0 Å². The number of aliphatic hydroxyl groups is 1. The van der Waals surface area contributed by atoms with Crippen LogP contribution in [0.25, 0.3) is 0 Å². The summed E-state index contributed by atoms with van der Waals surface area (Å²) in [5.74, 6) is 0.314. The molecular weight excluding hydrogens is 530 g/mol. The lowest BCUT2D eigenvalue weighted by Gasteiger charge is -2.35. The fourth-order valence-corrected chi connectivity index (χ4v) is 7.45. The smallest absolute Gasteiger partial charge is 0.259 e. The molecule has 10 nitrogen and oxygen atoms in total. The van der Waals surface area contributed by atoms with Crippen molar-refractivity contribution in [3.63, 3.8) is 0 Å². The topological polar surface area (TPSA) is 96.9 Å². The summed E-state index contributed by atoms with van der Waals surface area (Å²) in [6, 6.07) is 12.6. The number of benzene rings is 2. The average Bonchev–Trinajstić information content (AvgIpc) is 3.53. The standard InChI is InChI=1S/C29H37N5O5S/c1-29(36,23-5-4-6-24(15-23)32-11-9-30(2)10-12-32)28(35)33-17-21-19-34(20-22(21)18-33)40(37,38)25-7-8-27-26(16-25)31(3)13-14-39-27/h4-8,15-16,36H,9-14,17-20H2,1-3H3. The molecule has 0 bridgehead atoms. The number of hydrogen-bond acceptors (Lipinski definition) is 8. The summed E-state index contributed by atoms with van der Waals surface area (Å²) in [6.07, 6.45) is 0. The van der Waals surface area contributed by atoms with Gasteiger partial charge in [0.2, 0.25) is 10.0 Å². The SMILES string of the molecule is CN1CCN(c2cccc(C(C)(O)C(=O)N3CC4=C(C3)CN(S(=O)(=O)c3ccc5c(c3)N(C)CCO5)C4)c2)CC1. The Morgan fingerprint density at radius 1 is 0.925 bits per heavy atom. The molecule has 0 saturated carbocycles. The normalized spacial score (nSPS) is 21.8. The van der Waals surface area contributed by atoms with E-state index in [0.717, 1.165) is 48.7 Å². The third-order valence-electron chi connectivity index (χ3n) is 8.64. The van der Waals surface area contributed by atoms with Crippen molar-refractivity contribution in [2.45, 2.75) is 17.4 Å². The van der Waals surface area contributed by atoms with Crippen LogP contribution < -0.4 is 14.5 Å². The van der Waals surface area contributed by atoms with E-state index < -0.39 is 15.6 Å². The van der Waals surface area contributed by atoms with Crippen molar-refractivity contribution in [3.8, 4) is 5.75 Å². The van der Waals surface area contributed by atoms with Gasteiger partial charge in [-0.3, -0.25) is 4.79 Å². The second-order valence-electron chi connectivity index (χ2n) is 11.5. The number of rotatable bonds is 5. The highest BCUT2D eigenvalue weighted by Gasteiger charge is 2.43. The molecule has 2 aromatic rings. The Labute approximate surface area is 236 Å². The van der Waals surface area contributed by atoms with Crippen LogP contribution in [-0.4, -0.2) is 113 Å². The summed E-state index contributed by atoms with van der Waals surface area (Å²) < 4.78 is 34.2. The van der Waals surface area contributed by atoms with Crippen LogP contribution in [0.15, 0.2) is 58.5 Å². The number of likely N-dealkylation sites (N-methyl/N-ethyl adjacent to an activating group) is 2. The Bertz CT molecular complexity index is 1450. The molecule has 214 valence electrons. The first kappa shape index (κ1) is 27.1. The molecule has 1 fully saturated rings. The Morgan fingerprint density at radius 2 is 1.62 bits per heavy atom. The lowest BCUT2D eigenvalue weighted by molar-refractivity contribution is -0.149. The molecule has 0 radical (unpaired) electrons. The number of hydrogen-bond donors (Lipinski definition) is 1. The van der Waals surface area contributed by atoms with Gasteiger partial charge < -0.3 is 29.4 Å². The first-order valence-corrected chi connectivity index (χ1v) is 15.2. The molecular formula is C29H37N5O5S. The van der Waals surface area contributed by atoms with Gasteiger partial charge in [-0.15, -0.1) is 0 Å². The zero-order valence-electron chi connectivity index (χ0n) is 23.3. The molecule has 0 spiro atoms. The monoisotopic (exact) mass is 567 g/mol. The maximum absolute atomic E-state index is 13.6. The molecule has 1 unspecified atom stereocenters. The molecule has 11 heteroatoms. The number of fused-ring (bicyclic) bond motifs is 1. The van der Waals surface area contributed by atoms with Crippen molar-refractivity contribution < 1.29 is 23.1 Å². The molecule has 40 heavy (non-hydrogen) atoms. The number of carbonyl (C=O) groups is 1. The fourth-order valence-electron chi connectivity index (χ4n) is 6.00. The zero-order valence-corrected chi connectivity index (χ0v) is 24.2. The van der Waals surface area contributed by atoms with E-state index in [1.165, 1.54) is 4.31 Å². The second kappa shape index (κ2) is 10.1. The highest BCUT2D eigenvalue weighted by Crippen LogP contribution is 2.37. The van der Waals surface area contributed by atoms with Crippen LogP contribution in [0.4, 0.5) is 11.4 Å². The van der Waals surface area contributed by atoms with E-state index in [0.29, 0.717) is 37.6 Å². The van der Waals surface area contributed by atoms with E-state index in [1.807, 2.05) is 30.1 Å². The number of ether oxygens (including phenoxy) is 1. The third kappa shape index (κ3) is 4.74. The molecule has 1 saturated heterocycles. The molecule has 2 aromatic carbocycles. The van der Waals surface area contributed by atoms with Crippen molar-refractivity contribution in [1.29, 1.82) is 0 Å². The van der Waals surface area contributed by atoms with Gasteiger partial charge in [0, 0.05) is 65.1 Å². The van der Waals surface area contributed by atoms with Crippen LogP contribution in [0.1, 0.15) is 12.5 Å². The molecule has 1 atom stereocenters. The zero-order chi connectivity index (χ0) is 28.2. The van der Waals surface area contributed by atoms with Gasteiger partial charge in [-0.25, -0.2) is 8.42 Å². The predicted molar refractivity (Wildman–Crippen MR) is 153 cm³/mol. The first-order chi connectivity index (χ1) is 19.0. The van der Waals surface area contributed by atoms with Gasteiger partial charge in [0.1, 0.15) is 12.4 Å². The highest BCUT2D eigenvalue weighted by molar-refractivity contribution is 7.89. The van der Waals surface area contributed by atoms with Crippen molar-refractivity contribution in [1.82, 2.24) is 14.1 Å². The van der Waals surface area contributed by atoms with Gasteiger partial charge in [0.15, 0.2) is 5.60 Å². The number of piperazine rings is 1. The van der Waals surface area contributed by atoms with Gasteiger partial charge in [0.05, 0.1) is 17.1 Å². The van der Waals surface area contributed by atoms with Crippen molar-refractivity contribution >= 4 is 27.3 Å². The quantitative estimate of drug-likeness (QED) is 0.541. The molecule has 1 N–H and O–H groups in total. The number of nitrogens with zero attached hydrogens (tertiary/aromatic N) is 5. The van der Waals surface area contributed by atoms with E-state index in [2.05, 4.69) is 16.8 Å². The number of carbonyl (C=O) groups excluding carboxylic acids is 1. The summed E-state index contributed by atoms with van der Waals surface area (Å²) in [6.45, 7) is 7.66. The van der Waals surface area contributed by atoms with Gasteiger partial charge in [0.25, 0.3) is 5.91 Å². The number of sulfonamides is 1. The van der Waals surface area contributed by atoms with Gasteiger partial charge in [-0.1, -0.05) is 12.1 Å². The Hall–Kier alpha value is -3.12. The summed E-state index contributed by atoms with van der Waals surface area (Å²) >= 11 is 0. The van der Waals surface area contributed by atoms with Crippen LogP contribution in [-0.2, 0) is 20.4 Å². The largest absolute Gasteiger partial charge is 0.490 e. The Morgan fingerprint density at radius 3 is 2.33 bits per heavy atom. The molecule has 1 amide bonds.